The molecule has 0 atom stereocenters. The van der Waals surface area contributed by atoms with Crippen LogP contribution in [-0.2, 0) is 0 Å². The maximum atomic E-state index is 10.7. The van der Waals surface area contributed by atoms with Crippen LogP contribution in [0.3, 0.4) is 0 Å². The number of rotatable bonds is 5. The number of anilines is 1. The fourth-order valence-electron chi connectivity index (χ4n) is 1.50. The van der Waals surface area contributed by atoms with E-state index in [1.165, 1.54) is 12.4 Å². The lowest BCUT2D eigenvalue weighted by molar-refractivity contribution is 0.0696. The van der Waals surface area contributed by atoms with Gasteiger partial charge in [-0.3, -0.25) is 0 Å². The maximum absolute atomic E-state index is 10.7. The summed E-state index contributed by atoms with van der Waals surface area (Å²) in [5.74, 6) is 0.0790. The van der Waals surface area contributed by atoms with Gasteiger partial charge < -0.3 is 10.0 Å². The molecule has 17 heavy (non-hydrogen) atoms. The minimum atomic E-state index is -1.00. The summed E-state index contributed by atoms with van der Waals surface area (Å²) in [6, 6.07) is 0.285. The third-order valence-electron chi connectivity index (χ3n) is 2.33. The van der Waals surface area contributed by atoms with Crippen molar-refractivity contribution in [1.82, 2.24) is 9.97 Å². The molecule has 1 heterocycles. The molecule has 0 aliphatic heterocycles. The van der Waals surface area contributed by atoms with Gasteiger partial charge in [0.25, 0.3) is 0 Å². The Hall–Kier alpha value is -1.65. The van der Waals surface area contributed by atoms with Crippen LogP contribution in [0.15, 0.2) is 12.4 Å². The average Bonchev–Trinajstić information content (AvgIpc) is 2.25. The summed E-state index contributed by atoms with van der Waals surface area (Å²) in [5, 5.41) is 8.78. The molecule has 0 saturated heterocycles. The SMILES string of the molecule is CC(C)CN(c1ncc(C(=O)O)cn1)C(C)C. The minimum Gasteiger partial charge on any atom is -0.478 e. The van der Waals surface area contributed by atoms with Crippen molar-refractivity contribution in [3.63, 3.8) is 0 Å². The summed E-state index contributed by atoms with van der Waals surface area (Å²) in [4.78, 5) is 21.0. The van der Waals surface area contributed by atoms with E-state index in [0.29, 0.717) is 11.9 Å². The molecule has 0 bridgehead atoms. The fraction of sp³-hybridized carbons (Fsp3) is 0.583. The fourth-order valence-corrected chi connectivity index (χ4v) is 1.50. The first kappa shape index (κ1) is 13.4. The van der Waals surface area contributed by atoms with Gasteiger partial charge in [0.1, 0.15) is 0 Å². The van der Waals surface area contributed by atoms with Crippen molar-refractivity contribution in [2.24, 2.45) is 5.92 Å². The molecule has 94 valence electrons. The van der Waals surface area contributed by atoms with Crippen molar-refractivity contribution >= 4 is 11.9 Å². The van der Waals surface area contributed by atoms with E-state index < -0.39 is 5.97 Å². The highest BCUT2D eigenvalue weighted by atomic mass is 16.4. The Morgan fingerprint density at radius 2 is 1.82 bits per heavy atom. The van der Waals surface area contributed by atoms with Crippen molar-refractivity contribution < 1.29 is 9.90 Å². The molecule has 0 saturated carbocycles. The van der Waals surface area contributed by atoms with Gasteiger partial charge in [-0.25, -0.2) is 14.8 Å². The Labute approximate surface area is 102 Å². The van der Waals surface area contributed by atoms with Gasteiger partial charge in [-0.2, -0.15) is 0 Å². The van der Waals surface area contributed by atoms with E-state index in [-0.39, 0.29) is 11.6 Å². The van der Waals surface area contributed by atoms with Gasteiger partial charge in [-0.15, -0.1) is 0 Å². The predicted octanol–water partition coefficient (Wildman–Crippen LogP) is 2.05. The molecular weight excluding hydrogens is 218 g/mol. The number of carboxylic acids is 1. The van der Waals surface area contributed by atoms with Gasteiger partial charge in [-0.1, -0.05) is 13.8 Å². The van der Waals surface area contributed by atoms with Crippen molar-refractivity contribution in [2.75, 3.05) is 11.4 Å². The molecule has 1 rings (SSSR count). The van der Waals surface area contributed by atoms with Gasteiger partial charge in [0.05, 0.1) is 5.56 Å². The quantitative estimate of drug-likeness (QED) is 0.849. The first-order valence-corrected chi connectivity index (χ1v) is 5.73. The lowest BCUT2D eigenvalue weighted by Gasteiger charge is -2.28. The zero-order valence-corrected chi connectivity index (χ0v) is 10.7. The average molecular weight is 237 g/mol. The molecule has 0 amide bonds. The molecule has 0 aliphatic rings. The van der Waals surface area contributed by atoms with E-state index in [1.807, 2.05) is 0 Å². The molecule has 5 nitrogen and oxygen atoms in total. The van der Waals surface area contributed by atoms with Crippen LogP contribution in [0.1, 0.15) is 38.1 Å². The van der Waals surface area contributed by atoms with Crippen molar-refractivity contribution in [1.29, 1.82) is 0 Å². The summed E-state index contributed by atoms with van der Waals surface area (Å²) in [5.41, 5.74) is 0.113. The Balaban J connectivity index is 2.91. The van der Waals surface area contributed by atoms with Gasteiger partial charge in [0, 0.05) is 25.0 Å². The third-order valence-corrected chi connectivity index (χ3v) is 2.33. The number of carboxylic acid groups (broad SMARTS) is 1. The number of hydrogen-bond donors (Lipinski definition) is 1. The molecule has 1 aromatic rings. The summed E-state index contributed by atoms with van der Waals surface area (Å²) in [6.45, 7) is 9.24. The number of hydrogen-bond acceptors (Lipinski definition) is 4. The number of aromatic carboxylic acids is 1. The molecular formula is C12H19N3O2. The lowest BCUT2D eigenvalue weighted by atomic mass is 10.2. The molecule has 0 aliphatic carbocycles. The van der Waals surface area contributed by atoms with Crippen molar-refractivity contribution in [2.45, 2.75) is 33.7 Å². The van der Waals surface area contributed by atoms with E-state index >= 15 is 0 Å². The summed E-state index contributed by atoms with van der Waals surface area (Å²) in [6.07, 6.45) is 2.70. The normalized spacial score (nSPS) is 10.9. The van der Waals surface area contributed by atoms with E-state index in [1.54, 1.807) is 0 Å². The molecule has 0 aromatic carbocycles. The number of aromatic nitrogens is 2. The lowest BCUT2D eigenvalue weighted by Crippen LogP contribution is -2.35. The number of nitrogens with zero attached hydrogens (tertiary/aromatic N) is 3. The van der Waals surface area contributed by atoms with Crippen LogP contribution < -0.4 is 4.90 Å². The van der Waals surface area contributed by atoms with E-state index in [9.17, 15) is 4.79 Å². The van der Waals surface area contributed by atoms with Crippen LogP contribution in [0.2, 0.25) is 0 Å². The highest BCUT2D eigenvalue weighted by Gasteiger charge is 2.15. The molecule has 0 fully saturated rings. The summed E-state index contributed by atoms with van der Waals surface area (Å²) in [7, 11) is 0. The second-order valence-electron chi connectivity index (χ2n) is 4.72. The van der Waals surface area contributed by atoms with Crippen LogP contribution in [0, 0.1) is 5.92 Å². The van der Waals surface area contributed by atoms with Crippen LogP contribution in [0.5, 0.6) is 0 Å². The monoisotopic (exact) mass is 237 g/mol. The summed E-state index contributed by atoms with van der Waals surface area (Å²) < 4.78 is 0. The molecule has 5 heteroatoms. The Morgan fingerprint density at radius 3 is 2.18 bits per heavy atom. The van der Waals surface area contributed by atoms with Crippen LogP contribution in [0.25, 0.3) is 0 Å². The second-order valence-corrected chi connectivity index (χ2v) is 4.72. The van der Waals surface area contributed by atoms with Crippen LogP contribution in [0.4, 0.5) is 5.95 Å². The highest BCUT2D eigenvalue weighted by molar-refractivity contribution is 5.86. The molecule has 0 radical (unpaired) electrons. The Bertz CT molecular complexity index is 374. The molecule has 0 unspecified atom stereocenters. The Kier molecular flexibility index (Phi) is 4.43. The minimum absolute atomic E-state index is 0.113. The zero-order valence-electron chi connectivity index (χ0n) is 10.7. The van der Waals surface area contributed by atoms with Gasteiger partial charge in [-0.05, 0) is 19.8 Å². The smallest absolute Gasteiger partial charge is 0.338 e. The molecule has 1 aromatic heterocycles. The largest absolute Gasteiger partial charge is 0.478 e. The predicted molar refractivity (Wildman–Crippen MR) is 66.3 cm³/mol. The van der Waals surface area contributed by atoms with Crippen LogP contribution >= 0.6 is 0 Å². The van der Waals surface area contributed by atoms with Crippen LogP contribution in [-0.4, -0.2) is 33.6 Å². The molecule has 1 N–H and O–H groups in total. The van der Waals surface area contributed by atoms with E-state index in [2.05, 4.69) is 42.6 Å². The zero-order chi connectivity index (χ0) is 13.0. The Morgan fingerprint density at radius 1 is 1.29 bits per heavy atom. The summed E-state index contributed by atoms with van der Waals surface area (Å²) >= 11 is 0. The first-order chi connectivity index (χ1) is 7.91. The maximum Gasteiger partial charge on any atom is 0.338 e. The molecule has 0 spiro atoms. The van der Waals surface area contributed by atoms with Gasteiger partial charge in [0.2, 0.25) is 5.95 Å². The third kappa shape index (κ3) is 3.69. The topological polar surface area (TPSA) is 66.3 Å². The number of carbonyl (C=O) groups is 1. The van der Waals surface area contributed by atoms with E-state index in [0.717, 1.165) is 6.54 Å². The van der Waals surface area contributed by atoms with Gasteiger partial charge >= 0.3 is 5.97 Å². The van der Waals surface area contributed by atoms with Gasteiger partial charge in [0.15, 0.2) is 0 Å². The van der Waals surface area contributed by atoms with Crippen molar-refractivity contribution in [3.05, 3.63) is 18.0 Å². The first-order valence-electron chi connectivity index (χ1n) is 5.73. The standard InChI is InChI=1S/C12H19N3O2/c1-8(2)7-15(9(3)4)12-13-5-10(6-14-12)11(16)17/h5-6,8-9H,7H2,1-4H3,(H,16,17). The highest BCUT2D eigenvalue weighted by Crippen LogP contribution is 2.13. The van der Waals surface area contributed by atoms with E-state index in [4.69, 9.17) is 5.11 Å². The second kappa shape index (κ2) is 5.61. The van der Waals surface area contributed by atoms with Crippen molar-refractivity contribution in [3.8, 4) is 0 Å².